The van der Waals surface area contributed by atoms with Crippen LogP contribution in [0.25, 0.3) is 0 Å². The smallest absolute Gasteiger partial charge is 0.269 e. The Morgan fingerprint density at radius 3 is 2.03 bits per heavy atom. The predicted octanol–water partition coefficient (Wildman–Crippen LogP) is 3.23. The fourth-order valence-corrected chi connectivity index (χ4v) is 2.70. The van der Waals surface area contributed by atoms with E-state index in [9.17, 15) is 9.59 Å². The Kier molecular flexibility index (Phi) is 7.97. The van der Waals surface area contributed by atoms with Crippen LogP contribution in [0.1, 0.15) is 34.1 Å². The van der Waals surface area contributed by atoms with Gasteiger partial charge in [0, 0.05) is 11.1 Å². The molecule has 2 aromatic carbocycles. The van der Waals surface area contributed by atoms with E-state index in [0.717, 1.165) is 6.42 Å². The Balaban J connectivity index is 2.10. The highest BCUT2D eigenvalue weighted by Crippen LogP contribution is 2.36. The van der Waals surface area contributed by atoms with Gasteiger partial charge in [-0.05, 0) is 36.8 Å². The van der Waals surface area contributed by atoms with E-state index in [1.807, 2.05) is 6.92 Å². The van der Waals surface area contributed by atoms with E-state index >= 15 is 0 Å². The first-order valence-corrected chi connectivity index (χ1v) is 9.15. The van der Waals surface area contributed by atoms with Crippen LogP contribution in [0.2, 0.25) is 5.02 Å². The third-order valence-electron chi connectivity index (χ3n) is 3.88. The number of hydrogen-bond donors (Lipinski definition) is 2. The number of rotatable bonds is 8. The molecule has 156 valence electrons. The van der Waals surface area contributed by atoms with Crippen molar-refractivity contribution < 1.29 is 28.5 Å². The van der Waals surface area contributed by atoms with Crippen LogP contribution < -0.4 is 29.8 Å². The molecule has 9 heteroatoms. The largest absolute Gasteiger partial charge is 0.493 e. The van der Waals surface area contributed by atoms with Gasteiger partial charge in [0.1, 0.15) is 0 Å². The summed E-state index contributed by atoms with van der Waals surface area (Å²) in [6, 6.07) is 7.56. The molecule has 0 saturated heterocycles. The van der Waals surface area contributed by atoms with Gasteiger partial charge >= 0.3 is 0 Å². The molecule has 0 unspecified atom stereocenters. The molecule has 2 N–H and O–H groups in total. The molecule has 0 heterocycles. The highest BCUT2D eigenvalue weighted by Gasteiger charge is 2.17. The second-order valence-electron chi connectivity index (χ2n) is 5.82. The van der Waals surface area contributed by atoms with Gasteiger partial charge in [-0.3, -0.25) is 20.4 Å². The molecule has 2 aromatic rings. The molecular weight excluding hydrogens is 400 g/mol. The second-order valence-corrected chi connectivity index (χ2v) is 6.22. The summed E-state index contributed by atoms with van der Waals surface area (Å²) in [7, 11) is 4.41. The van der Waals surface area contributed by atoms with E-state index < -0.39 is 11.8 Å². The summed E-state index contributed by atoms with van der Waals surface area (Å²) in [5.74, 6) is 0.469. The number of hydrogen-bond acceptors (Lipinski definition) is 6. The van der Waals surface area contributed by atoms with Crippen molar-refractivity contribution in [1.82, 2.24) is 10.9 Å². The first-order chi connectivity index (χ1) is 13.9. The summed E-state index contributed by atoms with van der Waals surface area (Å²) in [5, 5.41) is 0.231. The van der Waals surface area contributed by atoms with Crippen LogP contribution in [0.3, 0.4) is 0 Å². The molecule has 2 amide bonds. The van der Waals surface area contributed by atoms with Crippen LogP contribution in [-0.2, 0) is 0 Å². The van der Waals surface area contributed by atoms with E-state index in [2.05, 4.69) is 10.9 Å². The maximum absolute atomic E-state index is 12.4. The van der Waals surface area contributed by atoms with Crippen LogP contribution in [0.4, 0.5) is 0 Å². The number of carbonyl (C=O) groups excluding carboxylic acids is 2. The number of halogens is 1. The van der Waals surface area contributed by atoms with E-state index in [1.165, 1.54) is 39.5 Å². The van der Waals surface area contributed by atoms with Crippen molar-refractivity contribution in [3.8, 4) is 23.0 Å². The van der Waals surface area contributed by atoms with Crippen LogP contribution in [0, 0.1) is 0 Å². The lowest BCUT2D eigenvalue weighted by molar-refractivity contribution is 0.0846. The minimum atomic E-state index is -0.568. The fourth-order valence-electron chi connectivity index (χ4n) is 2.43. The molecular formula is C20H23ClN2O6. The summed E-state index contributed by atoms with van der Waals surface area (Å²) in [6.45, 7) is 2.42. The summed E-state index contributed by atoms with van der Waals surface area (Å²) in [6.07, 6.45) is 0.796. The predicted molar refractivity (Wildman–Crippen MR) is 108 cm³/mol. The quantitative estimate of drug-likeness (QED) is 0.634. The van der Waals surface area contributed by atoms with Crippen molar-refractivity contribution in [2.24, 2.45) is 0 Å². The Morgan fingerprint density at radius 2 is 1.45 bits per heavy atom. The van der Waals surface area contributed by atoms with Gasteiger partial charge in [0.2, 0.25) is 0 Å². The topological polar surface area (TPSA) is 95.1 Å². The van der Waals surface area contributed by atoms with Gasteiger partial charge in [0.25, 0.3) is 11.8 Å². The Bertz CT molecular complexity index is 888. The first kappa shape index (κ1) is 22.2. The number of carbonyl (C=O) groups is 2. The minimum absolute atomic E-state index is 0.198. The summed E-state index contributed by atoms with van der Waals surface area (Å²) in [4.78, 5) is 24.7. The lowest BCUT2D eigenvalue weighted by atomic mass is 10.2. The zero-order valence-electron chi connectivity index (χ0n) is 16.6. The molecule has 0 aliphatic rings. The molecule has 0 bridgehead atoms. The molecule has 29 heavy (non-hydrogen) atoms. The fraction of sp³-hybridized carbons (Fsp3) is 0.300. The summed E-state index contributed by atoms with van der Waals surface area (Å²) in [5.41, 5.74) is 5.16. The van der Waals surface area contributed by atoms with Crippen molar-refractivity contribution in [2.45, 2.75) is 13.3 Å². The van der Waals surface area contributed by atoms with Crippen molar-refractivity contribution in [3.05, 3.63) is 46.5 Å². The Hall–Kier alpha value is -3.13. The number of amides is 2. The van der Waals surface area contributed by atoms with Crippen LogP contribution in [0.15, 0.2) is 30.3 Å². The Labute approximate surface area is 174 Å². The van der Waals surface area contributed by atoms with Gasteiger partial charge < -0.3 is 18.9 Å². The average molecular weight is 423 g/mol. The lowest BCUT2D eigenvalue weighted by Crippen LogP contribution is -2.41. The lowest BCUT2D eigenvalue weighted by Gasteiger charge is -2.14. The van der Waals surface area contributed by atoms with Gasteiger partial charge in [-0.2, -0.15) is 0 Å². The van der Waals surface area contributed by atoms with Crippen molar-refractivity contribution in [1.29, 1.82) is 0 Å². The third kappa shape index (κ3) is 5.45. The van der Waals surface area contributed by atoms with Gasteiger partial charge in [-0.1, -0.05) is 18.5 Å². The van der Waals surface area contributed by atoms with Crippen molar-refractivity contribution >= 4 is 23.4 Å². The number of methoxy groups -OCH3 is 3. The Morgan fingerprint density at radius 1 is 0.862 bits per heavy atom. The number of nitrogens with one attached hydrogen (secondary N) is 2. The molecule has 8 nitrogen and oxygen atoms in total. The van der Waals surface area contributed by atoms with E-state index in [0.29, 0.717) is 29.6 Å². The van der Waals surface area contributed by atoms with Gasteiger partial charge in [-0.25, -0.2) is 0 Å². The minimum Gasteiger partial charge on any atom is -0.493 e. The van der Waals surface area contributed by atoms with Gasteiger partial charge in [0.15, 0.2) is 23.0 Å². The number of hydrazine groups is 1. The molecule has 0 spiro atoms. The zero-order chi connectivity index (χ0) is 21.4. The maximum atomic E-state index is 12.4. The van der Waals surface area contributed by atoms with E-state index in [-0.39, 0.29) is 16.1 Å². The summed E-state index contributed by atoms with van der Waals surface area (Å²) < 4.78 is 21.1. The zero-order valence-corrected chi connectivity index (χ0v) is 17.4. The number of benzene rings is 2. The monoisotopic (exact) mass is 422 g/mol. The van der Waals surface area contributed by atoms with Crippen LogP contribution in [-0.4, -0.2) is 39.8 Å². The highest BCUT2D eigenvalue weighted by molar-refractivity contribution is 6.32. The second kappa shape index (κ2) is 10.4. The molecule has 0 saturated carbocycles. The molecule has 0 radical (unpaired) electrons. The normalized spacial score (nSPS) is 10.1. The van der Waals surface area contributed by atoms with Crippen LogP contribution >= 0.6 is 11.6 Å². The molecule has 0 atom stereocenters. The first-order valence-electron chi connectivity index (χ1n) is 8.78. The standard InChI is InChI=1S/C20H23ClN2O6/c1-5-8-29-18-14(21)9-13(11-17(18)28-4)20(25)23-22-19(24)12-6-7-15(26-2)16(10-12)27-3/h6-7,9-11H,5,8H2,1-4H3,(H,22,24)(H,23,25). The van der Waals surface area contributed by atoms with E-state index in [4.69, 9.17) is 30.5 Å². The van der Waals surface area contributed by atoms with Gasteiger partial charge in [-0.15, -0.1) is 0 Å². The average Bonchev–Trinajstić information content (AvgIpc) is 2.75. The SMILES string of the molecule is CCCOc1c(Cl)cc(C(=O)NNC(=O)c2ccc(OC)c(OC)c2)cc1OC. The number of ether oxygens (including phenoxy) is 4. The third-order valence-corrected chi connectivity index (χ3v) is 4.16. The van der Waals surface area contributed by atoms with Crippen molar-refractivity contribution in [2.75, 3.05) is 27.9 Å². The molecule has 0 aliphatic heterocycles. The molecule has 0 aliphatic carbocycles. The molecule has 2 rings (SSSR count). The van der Waals surface area contributed by atoms with Gasteiger partial charge in [0.05, 0.1) is 33.0 Å². The van der Waals surface area contributed by atoms with Crippen molar-refractivity contribution in [3.63, 3.8) is 0 Å². The molecule has 0 fully saturated rings. The highest BCUT2D eigenvalue weighted by atomic mass is 35.5. The molecule has 0 aromatic heterocycles. The van der Waals surface area contributed by atoms with Crippen LogP contribution in [0.5, 0.6) is 23.0 Å². The maximum Gasteiger partial charge on any atom is 0.269 e. The van der Waals surface area contributed by atoms with E-state index in [1.54, 1.807) is 12.1 Å². The summed E-state index contributed by atoms with van der Waals surface area (Å²) >= 11 is 6.22.